The Morgan fingerprint density at radius 1 is 1.06 bits per heavy atom. The first-order valence-corrected chi connectivity index (χ1v) is 6.27. The minimum absolute atomic E-state index is 0.150. The Balaban J connectivity index is 2.31. The lowest BCUT2D eigenvalue weighted by molar-refractivity contribution is 0.242. The third kappa shape index (κ3) is 3.12. The van der Waals surface area contributed by atoms with E-state index in [0.717, 1.165) is 16.9 Å². The maximum Gasteiger partial charge on any atom is 0.159 e. The molecule has 5 heteroatoms. The molecular formula is C13H12Cl2N2O. The molecule has 0 fully saturated rings. The normalized spacial score (nSPS) is 10.7. The van der Waals surface area contributed by atoms with E-state index in [9.17, 15) is 0 Å². The first-order chi connectivity index (χ1) is 8.56. The summed E-state index contributed by atoms with van der Waals surface area (Å²) >= 11 is 11.8. The second-order valence-electron chi connectivity index (χ2n) is 4.06. The molecule has 1 aromatic carbocycles. The Morgan fingerprint density at radius 2 is 1.72 bits per heavy atom. The number of hydrogen-bond acceptors (Lipinski definition) is 3. The smallest absolute Gasteiger partial charge is 0.159 e. The molecule has 0 saturated carbocycles. The molecule has 18 heavy (non-hydrogen) atoms. The van der Waals surface area contributed by atoms with Crippen molar-refractivity contribution in [2.75, 3.05) is 0 Å². The molecule has 0 aliphatic carbocycles. The van der Waals surface area contributed by atoms with E-state index in [2.05, 4.69) is 10.2 Å². The summed E-state index contributed by atoms with van der Waals surface area (Å²) in [6.07, 6.45) is 0.150. The summed E-state index contributed by atoms with van der Waals surface area (Å²) in [5, 5.41) is 8.11. The van der Waals surface area contributed by atoms with E-state index in [1.165, 1.54) is 0 Å². The molecule has 94 valence electrons. The van der Waals surface area contributed by atoms with Crippen molar-refractivity contribution in [3.63, 3.8) is 0 Å². The van der Waals surface area contributed by atoms with Gasteiger partial charge in [-0.15, -0.1) is 10.2 Å². The van der Waals surface area contributed by atoms with Gasteiger partial charge in [-0.05, 0) is 37.6 Å². The maximum absolute atomic E-state index is 5.99. The van der Waals surface area contributed by atoms with Gasteiger partial charge in [0.2, 0.25) is 0 Å². The first-order valence-electron chi connectivity index (χ1n) is 5.52. The molecule has 0 unspecified atom stereocenters. The highest BCUT2D eigenvalue weighted by molar-refractivity contribution is 6.33. The van der Waals surface area contributed by atoms with Crippen molar-refractivity contribution < 1.29 is 4.74 Å². The molecule has 0 amide bonds. The highest BCUT2D eigenvalue weighted by atomic mass is 35.5. The molecule has 0 aliphatic heterocycles. The SMILES string of the molecule is CC(C)Oc1ccc(-c2cc(Cl)nnc2Cl)cc1. The number of halogens is 2. The summed E-state index contributed by atoms with van der Waals surface area (Å²) in [5.74, 6) is 0.818. The van der Waals surface area contributed by atoms with E-state index < -0.39 is 0 Å². The van der Waals surface area contributed by atoms with Gasteiger partial charge in [-0.25, -0.2) is 0 Å². The lowest BCUT2D eigenvalue weighted by atomic mass is 10.1. The van der Waals surface area contributed by atoms with Gasteiger partial charge >= 0.3 is 0 Å². The summed E-state index contributed by atoms with van der Waals surface area (Å²) in [5.41, 5.74) is 1.68. The molecule has 0 bridgehead atoms. The third-order valence-corrected chi connectivity index (χ3v) is 2.72. The minimum atomic E-state index is 0.150. The van der Waals surface area contributed by atoms with Crippen molar-refractivity contribution in [3.05, 3.63) is 40.6 Å². The van der Waals surface area contributed by atoms with Crippen molar-refractivity contribution in [1.29, 1.82) is 0 Å². The van der Waals surface area contributed by atoms with Crippen LogP contribution in [0.5, 0.6) is 5.75 Å². The van der Waals surface area contributed by atoms with Crippen LogP contribution < -0.4 is 4.74 Å². The predicted octanol–water partition coefficient (Wildman–Crippen LogP) is 4.24. The van der Waals surface area contributed by atoms with Gasteiger partial charge in [0.05, 0.1) is 6.10 Å². The number of aromatic nitrogens is 2. The van der Waals surface area contributed by atoms with Crippen LogP contribution >= 0.6 is 23.2 Å². The fourth-order valence-electron chi connectivity index (χ4n) is 1.54. The Hall–Kier alpha value is -1.32. The molecule has 0 N–H and O–H groups in total. The molecule has 0 aliphatic rings. The van der Waals surface area contributed by atoms with Crippen molar-refractivity contribution in [2.24, 2.45) is 0 Å². The largest absolute Gasteiger partial charge is 0.491 e. The molecule has 0 atom stereocenters. The van der Waals surface area contributed by atoms with E-state index >= 15 is 0 Å². The fourth-order valence-corrected chi connectivity index (χ4v) is 1.89. The molecule has 0 saturated heterocycles. The number of ether oxygens (including phenoxy) is 1. The topological polar surface area (TPSA) is 35.0 Å². The van der Waals surface area contributed by atoms with Crippen molar-refractivity contribution in [3.8, 4) is 16.9 Å². The summed E-state index contributed by atoms with van der Waals surface area (Å²) in [6, 6.07) is 9.29. The van der Waals surface area contributed by atoms with Crippen LogP contribution in [0.1, 0.15) is 13.8 Å². The number of rotatable bonds is 3. The summed E-state index contributed by atoms with van der Waals surface area (Å²) in [7, 11) is 0. The highest BCUT2D eigenvalue weighted by Crippen LogP contribution is 2.29. The molecule has 2 aromatic rings. The van der Waals surface area contributed by atoms with E-state index in [1.54, 1.807) is 6.07 Å². The number of hydrogen-bond donors (Lipinski definition) is 0. The van der Waals surface area contributed by atoms with Gasteiger partial charge in [0.1, 0.15) is 5.75 Å². The van der Waals surface area contributed by atoms with Crippen LogP contribution in [-0.2, 0) is 0 Å². The van der Waals surface area contributed by atoms with Crippen LogP contribution in [0, 0.1) is 0 Å². The number of nitrogens with zero attached hydrogens (tertiary/aromatic N) is 2. The predicted molar refractivity (Wildman–Crippen MR) is 73.3 cm³/mol. The van der Waals surface area contributed by atoms with Gasteiger partial charge in [-0.1, -0.05) is 35.3 Å². The van der Waals surface area contributed by atoms with E-state index in [1.807, 2.05) is 38.1 Å². The summed E-state index contributed by atoms with van der Waals surface area (Å²) in [4.78, 5) is 0. The molecule has 0 spiro atoms. The van der Waals surface area contributed by atoms with E-state index in [0.29, 0.717) is 10.3 Å². The van der Waals surface area contributed by atoms with Crippen molar-refractivity contribution in [2.45, 2.75) is 20.0 Å². The van der Waals surface area contributed by atoms with E-state index in [-0.39, 0.29) is 6.10 Å². The van der Waals surface area contributed by atoms with Gasteiger partial charge in [0, 0.05) is 5.56 Å². The second-order valence-corrected chi connectivity index (χ2v) is 4.81. The monoisotopic (exact) mass is 282 g/mol. The average molecular weight is 283 g/mol. The van der Waals surface area contributed by atoms with Crippen LogP contribution in [-0.4, -0.2) is 16.3 Å². The molecule has 1 aromatic heterocycles. The van der Waals surface area contributed by atoms with Crippen LogP contribution in [0.15, 0.2) is 30.3 Å². The molecule has 3 nitrogen and oxygen atoms in total. The fraction of sp³-hybridized carbons (Fsp3) is 0.231. The van der Waals surface area contributed by atoms with Crippen LogP contribution in [0.3, 0.4) is 0 Å². The Kier molecular flexibility index (Phi) is 4.04. The van der Waals surface area contributed by atoms with Gasteiger partial charge in [0.25, 0.3) is 0 Å². The molecule has 0 radical (unpaired) electrons. The molecule has 1 heterocycles. The van der Waals surface area contributed by atoms with E-state index in [4.69, 9.17) is 27.9 Å². The van der Waals surface area contributed by atoms with Gasteiger partial charge in [-0.2, -0.15) is 0 Å². The van der Waals surface area contributed by atoms with Gasteiger partial charge < -0.3 is 4.74 Å². The lowest BCUT2D eigenvalue weighted by Crippen LogP contribution is -2.05. The Labute approximate surface area is 116 Å². The quantitative estimate of drug-likeness (QED) is 0.845. The first kappa shape index (κ1) is 13.1. The lowest BCUT2D eigenvalue weighted by Gasteiger charge is -2.10. The second kappa shape index (κ2) is 5.55. The standard InChI is InChI=1S/C13H12Cl2N2O/c1-8(2)18-10-5-3-9(4-6-10)11-7-12(14)16-17-13(11)15/h3-8H,1-2H3. The summed E-state index contributed by atoms with van der Waals surface area (Å²) in [6.45, 7) is 3.97. The van der Waals surface area contributed by atoms with Crippen LogP contribution in [0.4, 0.5) is 0 Å². The molecule has 2 rings (SSSR count). The highest BCUT2D eigenvalue weighted by Gasteiger charge is 2.07. The van der Waals surface area contributed by atoms with Crippen molar-refractivity contribution in [1.82, 2.24) is 10.2 Å². The Bertz CT molecular complexity index is 541. The van der Waals surface area contributed by atoms with Gasteiger partial charge in [0.15, 0.2) is 10.3 Å². The zero-order valence-electron chi connectivity index (χ0n) is 10.0. The Morgan fingerprint density at radius 3 is 2.33 bits per heavy atom. The molecular weight excluding hydrogens is 271 g/mol. The third-order valence-electron chi connectivity index (χ3n) is 2.26. The average Bonchev–Trinajstić information content (AvgIpc) is 2.33. The van der Waals surface area contributed by atoms with Crippen LogP contribution in [0.2, 0.25) is 10.3 Å². The summed E-state index contributed by atoms with van der Waals surface area (Å²) < 4.78 is 5.57. The number of benzene rings is 1. The zero-order valence-corrected chi connectivity index (χ0v) is 11.5. The minimum Gasteiger partial charge on any atom is -0.491 e. The van der Waals surface area contributed by atoms with Crippen molar-refractivity contribution >= 4 is 23.2 Å². The van der Waals surface area contributed by atoms with Gasteiger partial charge in [-0.3, -0.25) is 0 Å². The maximum atomic E-state index is 5.99. The zero-order chi connectivity index (χ0) is 13.1. The van der Waals surface area contributed by atoms with Crippen LogP contribution in [0.25, 0.3) is 11.1 Å².